The van der Waals surface area contributed by atoms with E-state index < -0.39 is 13.8 Å². The molecule has 0 fully saturated rings. The first-order valence-electron chi connectivity index (χ1n) is 22.2. The Bertz CT molecular complexity index is 3350. The number of fused-ring (bicyclic) bond motifs is 5. The first-order valence-corrected chi connectivity index (χ1v) is 20.7. The number of ether oxygens (including phenoxy) is 1. The van der Waals surface area contributed by atoms with Crippen LogP contribution in [-0.4, -0.2) is 31.6 Å². The van der Waals surface area contributed by atoms with Gasteiger partial charge in [0.15, 0.2) is 0 Å². The molecule has 0 amide bonds. The van der Waals surface area contributed by atoms with Crippen molar-refractivity contribution in [2.24, 2.45) is 12.0 Å². The largest absolute Gasteiger partial charge is 0.510 e. The molecule has 0 radical (unpaired) electrons. The van der Waals surface area contributed by atoms with Crippen molar-refractivity contribution in [3.05, 3.63) is 200 Å². The average molecular weight is 999 g/mol. The van der Waals surface area contributed by atoms with Gasteiger partial charge in [0.1, 0.15) is 17.5 Å². The van der Waals surface area contributed by atoms with Crippen LogP contribution < -0.4 is 20.4 Å². The number of hydrogen-bond acceptors (Lipinski definition) is 4. The van der Waals surface area contributed by atoms with Gasteiger partial charge in [0.2, 0.25) is 6.33 Å². The van der Waals surface area contributed by atoms with Gasteiger partial charge in [0.25, 0.3) is 0 Å². The number of imidazole rings is 1. The SMILES string of the molecule is [2H]C([2H])([2H])[n+]1[c-]n(-c2[c-]c(Oc3[c-]c4c(cc3)c3ccccc3n4-c3cc(C(C)(C)C)ccn3)ccc2)c2c1B(c1c(-c3ccccc3)cccc1-c1ccccc1)N1C=CC=CC1=N2.[Pt]. The Hall–Kier alpha value is -7.02. The number of hydrogen-bond donors (Lipinski definition) is 0. The fourth-order valence-corrected chi connectivity index (χ4v) is 8.73. The second kappa shape index (κ2) is 16.0. The second-order valence-electron chi connectivity index (χ2n) is 16.6. The molecule has 7 nitrogen and oxygen atoms in total. The van der Waals surface area contributed by atoms with Crippen molar-refractivity contribution < 1.29 is 34.5 Å². The van der Waals surface area contributed by atoms with Gasteiger partial charge in [0.05, 0.1) is 16.7 Å². The third kappa shape index (κ3) is 7.05. The van der Waals surface area contributed by atoms with Gasteiger partial charge in [-0.2, -0.15) is 18.2 Å². The molecule has 0 bridgehead atoms. The summed E-state index contributed by atoms with van der Waals surface area (Å²) in [7, 11) is 0. The van der Waals surface area contributed by atoms with E-state index in [9.17, 15) is 0 Å². The van der Waals surface area contributed by atoms with Crippen molar-refractivity contribution in [3.63, 3.8) is 0 Å². The van der Waals surface area contributed by atoms with Crippen molar-refractivity contribution in [2.45, 2.75) is 26.2 Å². The topological polar surface area (TPSA) is 51.5 Å². The predicted octanol–water partition coefficient (Wildman–Crippen LogP) is 10.2. The Morgan fingerprint density at radius 1 is 0.730 bits per heavy atom. The van der Waals surface area contributed by atoms with Gasteiger partial charge >= 0.3 is 6.85 Å². The second-order valence-corrected chi connectivity index (χ2v) is 16.6. The average Bonchev–Trinajstić information content (AvgIpc) is 3.87. The predicted molar refractivity (Wildman–Crippen MR) is 250 cm³/mol. The number of aliphatic imine (C=N–C) groups is 1. The number of pyridine rings is 1. The molecule has 0 saturated carbocycles. The first kappa shape index (κ1) is 36.6. The van der Waals surface area contributed by atoms with Gasteiger partial charge in [-0.05, 0) is 80.6 Å². The number of rotatable bonds is 7. The molecule has 9 heteroatoms. The molecule has 9 aromatic rings. The maximum Gasteiger partial charge on any atom is 0.316 e. The molecule has 0 aliphatic carbocycles. The molecule has 3 aromatic heterocycles. The van der Waals surface area contributed by atoms with Crippen molar-refractivity contribution in [3.8, 4) is 45.3 Å². The number of benzene rings is 6. The maximum atomic E-state index is 8.93. The molecule has 0 saturated heterocycles. The summed E-state index contributed by atoms with van der Waals surface area (Å²) >= 11 is 0. The van der Waals surface area contributed by atoms with E-state index in [-0.39, 0.29) is 26.5 Å². The molecule has 11 rings (SSSR count). The number of allylic oxidation sites excluding steroid dienone is 2. The van der Waals surface area contributed by atoms with E-state index in [0.717, 1.165) is 55.3 Å². The molecule has 63 heavy (non-hydrogen) atoms. The third-order valence-electron chi connectivity index (χ3n) is 11.7. The van der Waals surface area contributed by atoms with Crippen LogP contribution in [0.1, 0.15) is 30.4 Å². The fourth-order valence-electron chi connectivity index (χ4n) is 8.73. The van der Waals surface area contributed by atoms with Gasteiger partial charge in [-0.15, -0.1) is 29.7 Å². The zero-order valence-electron chi connectivity index (χ0n) is 37.7. The van der Waals surface area contributed by atoms with Crippen molar-refractivity contribution >= 4 is 51.4 Å². The van der Waals surface area contributed by atoms with E-state index in [1.54, 1.807) is 4.57 Å². The molecule has 6 aromatic carbocycles. The van der Waals surface area contributed by atoms with E-state index in [1.807, 2.05) is 103 Å². The fraction of sp³-hybridized carbons (Fsp3) is 0.0926. The summed E-state index contributed by atoms with van der Waals surface area (Å²) in [6.45, 7) is 3.34. The smallest absolute Gasteiger partial charge is 0.316 e. The van der Waals surface area contributed by atoms with Gasteiger partial charge in [-0.25, -0.2) is 9.98 Å². The molecular weight excluding hydrogens is 955 g/mol. The molecule has 2 aliphatic rings. The quantitative estimate of drug-likeness (QED) is 0.0909. The van der Waals surface area contributed by atoms with E-state index in [4.69, 9.17) is 18.8 Å². The standard InChI is InChI=1S/C54H41BN6O.Pt/c1-54(2,3)39-30-31-56-50(33-39)61-47-26-12-11-23-45(47)46-29-28-42(35-48(46)61)62-41-22-15-21-40(34-41)59-36-58(4)52-53(59)57-49-27-13-14-32-60(49)55(52)51-43(37-17-7-5-8-18-37)24-16-25-44(51)38-19-9-6-10-20-38;/h5-33H,1-4H3;/q-2;/i4D3;. The summed E-state index contributed by atoms with van der Waals surface area (Å²) in [5.41, 5.74) is 8.83. The molecule has 0 unspecified atom stereocenters. The minimum absolute atomic E-state index is 0. The molecular formula is C54H41BN6OPt-2. The maximum absolute atomic E-state index is 8.93. The summed E-state index contributed by atoms with van der Waals surface area (Å²) in [5, 5.41) is 2.11. The van der Waals surface area contributed by atoms with Gasteiger partial charge in [-0.1, -0.05) is 135 Å². The zero-order chi connectivity index (χ0) is 44.5. The van der Waals surface area contributed by atoms with Crippen LogP contribution in [0, 0.1) is 18.5 Å². The van der Waals surface area contributed by atoms with Crippen LogP contribution in [0.3, 0.4) is 0 Å². The van der Waals surface area contributed by atoms with Crippen LogP contribution in [0.5, 0.6) is 11.5 Å². The van der Waals surface area contributed by atoms with Crippen LogP contribution in [0.2, 0.25) is 0 Å². The Labute approximate surface area is 386 Å². The zero-order valence-corrected chi connectivity index (χ0v) is 37.0. The Morgan fingerprint density at radius 2 is 1.44 bits per heavy atom. The molecule has 0 atom stereocenters. The van der Waals surface area contributed by atoms with Crippen molar-refractivity contribution in [2.75, 3.05) is 0 Å². The first-order chi connectivity index (χ1) is 31.5. The van der Waals surface area contributed by atoms with Crippen molar-refractivity contribution in [1.82, 2.24) is 18.9 Å². The Kier molecular flexibility index (Phi) is 9.32. The summed E-state index contributed by atoms with van der Waals surface area (Å²) in [4.78, 5) is 12.1. The van der Waals surface area contributed by atoms with E-state index >= 15 is 0 Å². The van der Waals surface area contributed by atoms with Crippen LogP contribution >= 0.6 is 0 Å². The van der Waals surface area contributed by atoms with Crippen molar-refractivity contribution in [1.29, 1.82) is 0 Å². The van der Waals surface area contributed by atoms with Gasteiger partial charge in [-0.3, -0.25) is 0 Å². The van der Waals surface area contributed by atoms with E-state index in [1.165, 1.54) is 10.1 Å². The summed E-state index contributed by atoms with van der Waals surface area (Å²) in [6.07, 6.45) is 12.9. The molecule has 308 valence electrons. The number of nitrogens with zero attached hydrogens (tertiary/aromatic N) is 6. The minimum Gasteiger partial charge on any atom is -0.510 e. The van der Waals surface area contributed by atoms with Crippen LogP contribution in [0.15, 0.2) is 181 Å². The molecule has 5 heterocycles. The van der Waals surface area contributed by atoms with Gasteiger partial charge in [0, 0.05) is 44.3 Å². The van der Waals surface area contributed by atoms with Crippen LogP contribution in [-0.2, 0) is 33.5 Å². The van der Waals surface area contributed by atoms with Crippen LogP contribution in [0.25, 0.3) is 55.6 Å². The monoisotopic (exact) mass is 998 g/mol. The molecule has 0 N–H and O–H groups in total. The summed E-state index contributed by atoms with van der Waals surface area (Å²) < 4.78 is 38.5. The third-order valence-corrected chi connectivity index (χ3v) is 11.7. The Balaban J connectivity index is 0.00000511. The normalized spacial score (nSPS) is 14.1. The number of para-hydroxylation sites is 1. The number of aryl methyl sites for hydroxylation is 1. The van der Waals surface area contributed by atoms with Crippen LogP contribution in [0.4, 0.5) is 5.82 Å². The number of aromatic nitrogens is 4. The molecule has 0 spiro atoms. The summed E-state index contributed by atoms with van der Waals surface area (Å²) in [5.74, 6) is 2.78. The molecule has 2 aliphatic heterocycles. The Morgan fingerprint density at radius 3 is 2.19 bits per heavy atom. The minimum atomic E-state index is -2.62. The van der Waals surface area contributed by atoms with Gasteiger partial charge < -0.3 is 23.2 Å². The summed E-state index contributed by atoms with van der Waals surface area (Å²) in [6, 6.07) is 55.7. The van der Waals surface area contributed by atoms with E-state index in [2.05, 4.69) is 121 Å². The van der Waals surface area contributed by atoms with E-state index in [0.29, 0.717) is 34.4 Å². The number of amidine groups is 1.